The first-order valence-electron chi connectivity index (χ1n) is 6.16. The highest BCUT2D eigenvalue weighted by atomic mass is 35.5. The van der Waals surface area contributed by atoms with E-state index in [1.165, 1.54) is 5.75 Å². The number of nitrogens with zero attached hydrogens (tertiary/aromatic N) is 2. The molecular weight excluding hydrogens is 266 g/mol. The van der Waals surface area contributed by atoms with E-state index in [1.54, 1.807) is 0 Å². The zero-order chi connectivity index (χ0) is 12.5. The van der Waals surface area contributed by atoms with Crippen LogP contribution in [0.15, 0.2) is 18.2 Å². The summed E-state index contributed by atoms with van der Waals surface area (Å²) in [7, 11) is 2.05. The number of nitrogens with one attached hydrogen (secondary N) is 1. The molecule has 18 heavy (non-hydrogen) atoms. The third-order valence-electron chi connectivity index (χ3n) is 3.36. The van der Waals surface area contributed by atoms with Crippen LogP contribution in [-0.4, -0.2) is 33.6 Å². The lowest BCUT2D eigenvalue weighted by Gasteiger charge is -2.22. The van der Waals surface area contributed by atoms with Crippen LogP contribution in [0.4, 0.5) is 0 Å². The highest BCUT2D eigenvalue weighted by Gasteiger charge is 2.17. The topological polar surface area (TPSA) is 29.9 Å². The molecule has 1 aliphatic heterocycles. The Morgan fingerprint density at radius 3 is 3.17 bits per heavy atom. The quantitative estimate of drug-likeness (QED) is 0.917. The number of imidazole rings is 1. The zero-order valence-electron chi connectivity index (χ0n) is 10.3. The van der Waals surface area contributed by atoms with Crippen LogP contribution >= 0.6 is 23.4 Å². The normalized spacial score (nSPS) is 20.4. The van der Waals surface area contributed by atoms with Gasteiger partial charge in [0.1, 0.15) is 5.82 Å². The Balaban J connectivity index is 1.92. The van der Waals surface area contributed by atoms with Crippen LogP contribution in [0.3, 0.4) is 0 Å². The number of hydrogen-bond donors (Lipinski definition) is 1. The number of hydrogen-bond acceptors (Lipinski definition) is 3. The predicted octanol–water partition coefficient (Wildman–Crippen LogP) is 2.47. The summed E-state index contributed by atoms with van der Waals surface area (Å²) in [6, 6.07) is 6.42. The minimum atomic E-state index is 0.526. The lowest BCUT2D eigenvalue weighted by atomic mass is 10.2. The molecule has 2 aromatic rings. The van der Waals surface area contributed by atoms with Crippen molar-refractivity contribution in [2.75, 3.05) is 18.1 Å². The monoisotopic (exact) mass is 281 g/mol. The van der Waals surface area contributed by atoms with Crippen molar-refractivity contribution >= 4 is 34.4 Å². The highest BCUT2D eigenvalue weighted by Crippen LogP contribution is 2.24. The van der Waals surface area contributed by atoms with Gasteiger partial charge in [-0.15, -0.1) is 0 Å². The molecule has 0 spiro atoms. The van der Waals surface area contributed by atoms with Crippen LogP contribution in [0.25, 0.3) is 11.0 Å². The van der Waals surface area contributed by atoms with Crippen LogP contribution in [0, 0.1) is 0 Å². The second-order valence-corrected chi connectivity index (χ2v) is 6.18. The van der Waals surface area contributed by atoms with Crippen LogP contribution < -0.4 is 5.32 Å². The number of aromatic nitrogens is 2. The molecule has 1 aliphatic rings. The Bertz CT molecular complexity index is 561. The average Bonchev–Trinajstić information content (AvgIpc) is 2.69. The van der Waals surface area contributed by atoms with Gasteiger partial charge in [0.2, 0.25) is 0 Å². The summed E-state index contributed by atoms with van der Waals surface area (Å²) < 4.78 is 2.12. The highest BCUT2D eigenvalue weighted by molar-refractivity contribution is 7.99. The predicted molar refractivity (Wildman–Crippen MR) is 78.5 cm³/mol. The fourth-order valence-corrected chi connectivity index (χ4v) is 3.67. The van der Waals surface area contributed by atoms with E-state index in [0.717, 1.165) is 40.6 Å². The van der Waals surface area contributed by atoms with E-state index in [0.29, 0.717) is 6.04 Å². The Labute approximate surface area is 116 Å². The molecule has 5 heteroatoms. The summed E-state index contributed by atoms with van der Waals surface area (Å²) >= 11 is 8.25. The molecular formula is C13H16ClN3S. The maximum Gasteiger partial charge on any atom is 0.111 e. The van der Waals surface area contributed by atoms with Crippen LogP contribution in [-0.2, 0) is 13.5 Å². The third kappa shape index (κ3) is 2.25. The van der Waals surface area contributed by atoms with Gasteiger partial charge in [-0.25, -0.2) is 4.98 Å². The summed E-state index contributed by atoms with van der Waals surface area (Å²) in [5, 5.41) is 4.32. The van der Waals surface area contributed by atoms with Gasteiger partial charge in [0.15, 0.2) is 0 Å². The standard InChI is InChI=1S/C13H16ClN3S/c1-17-12(7-9-8-18-6-5-15-9)16-11-4-2-3-10(14)13(11)17/h2-4,9,15H,5-8H2,1H3. The summed E-state index contributed by atoms with van der Waals surface area (Å²) in [5.41, 5.74) is 2.03. The van der Waals surface area contributed by atoms with E-state index in [4.69, 9.17) is 16.6 Å². The molecule has 96 valence electrons. The van der Waals surface area contributed by atoms with E-state index < -0.39 is 0 Å². The second kappa shape index (κ2) is 5.11. The van der Waals surface area contributed by atoms with E-state index in [1.807, 2.05) is 37.0 Å². The molecule has 0 saturated carbocycles. The van der Waals surface area contributed by atoms with Gasteiger partial charge in [0.05, 0.1) is 16.1 Å². The summed E-state index contributed by atoms with van der Waals surface area (Å²) in [6.07, 6.45) is 0.967. The smallest absolute Gasteiger partial charge is 0.111 e. The molecule has 0 radical (unpaired) electrons. The summed E-state index contributed by atoms with van der Waals surface area (Å²) in [5.74, 6) is 3.49. The molecule has 0 aliphatic carbocycles. The largest absolute Gasteiger partial charge is 0.330 e. The Morgan fingerprint density at radius 2 is 2.44 bits per heavy atom. The van der Waals surface area contributed by atoms with E-state index >= 15 is 0 Å². The molecule has 1 unspecified atom stereocenters. The van der Waals surface area contributed by atoms with Crippen molar-refractivity contribution in [1.29, 1.82) is 0 Å². The Kier molecular flexibility index (Phi) is 3.50. The van der Waals surface area contributed by atoms with Gasteiger partial charge in [0, 0.05) is 37.6 Å². The fraction of sp³-hybridized carbons (Fsp3) is 0.462. The summed E-state index contributed by atoms with van der Waals surface area (Å²) in [4.78, 5) is 4.70. The van der Waals surface area contributed by atoms with Crippen molar-refractivity contribution in [3.63, 3.8) is 0 Å². The molecule has 1 aromatic carbocycles. The van der Waals surface area contributed by atoms with Gasteiger partial charge in [-0.2, -0.15) is 11.8 Å². The maximum absolute atomic E-state index is 6.24. The van der Waals surface area contributed by atoms with Crippen molar-refractivity contribution in [2.45, 2.75) is 12.5 Å². The Morgan fingerprint density at radius 1 is 1.56 bits per heavy atom. The average molecular weight is 282 g/mol. The Hall–Kier alpha value is -0.710. The maximum atomic E-state index is 6.24. The molecule has 1 aromatic heterocycles. The van der Waals surface area contributed by atoms with Crippen LogP contribution in [0.2, 0.25) is 5.02 Å². The van der Waals surface area contributed by atoms with Crippen LogP contribution in [0.1, 0.15) is 5.82 Å². The second-order valence-electron chi connectivity index (χ2n) is 4.62. The minimum absolute atomic E-state index is 0.526. The van der Waals surface area contributed by atoms with Gasteiger partial charge in [-0.1, -0.05) is 17.7 Å². The van der Waals surface area contributed by atoms with E-state index in [-0.39, 0.29) is 0 Å². The van der Waals surface area contributed by atoms with Crippen LogP contribution in [0.5, 0.6) is 0 Å². The van der Waals surface area contributed by atoms with Gasteiger partial charge in [0.25, 0.3) is 0 Å². The minimum Gasteiger partial charge on any atom is -0.330 e. The molecule has 2 heterocycles. The van der Waals surface area contributed by atoms with Gasteiger partial charge in [-0.3, -0.25) is 0 Å². The first-order valence-corrected chi connectivity index (χ1v) is 7.70. The number of para-hydroxylation sites is 1. The molecule has 0 amide bonds. The number of aryl methyl sites for hydroxylation is 1. The van der Waals surface area contributed by atoms with Crippen molar-refractivity contribution < 1.29 is 0 Å². The number of fused-ring (bicyclic) bond motifs is 1. The van der Waals surface area contributed by atoms with Crippen molar-refractivity contribution in [1.82, 2.24) is 14.9 Å². The summed E-state index contributed by atoms with van der Waals surface area (Å²) in [6.45, 7) is 1.10. The molecule has 1 fully saturated rings. The number of benzene rings is 1. The molecule has 1 N–H and O–H groups in total. The molecule has 1 saturated heterocycles. The lowest BCUT2D eigenvalue weighted by molar-refractivity contribution is 0.543. The number of halogens is 1. The number of thioether (sulfide) groups is 1. The fourth-order valence-electron chi connectivity index (χ4n) is 2.42. The molecule has 3 nitrogen and oxygen atoms in total. The molecule has 1 atom stereocenters. The first-order chi connectivity index (χ1) is 8.75. The van der Waals surface area contributed by atoms with Crippen molar-refractivity contribution in [3.8, 4) is 0 Å². The van der Waals surface area contributed by atoms with Gasteiger partial charge in [-0.05, 0) is 12.1 Å². The van der Waals surface area contributed by atoms with E-state index in [9.17, 15) is 0 Å². The van der Waals surface area contributed by atoms with E-state index in [2.05, 4.69) is 9.88 Å². The van der Waals surface area contributed by atoms with Gasteiger partial charge < -0.3 is 9.88 Å². The van der Waals surface area contributed by atoms with Gasteiger partial charge >= 0.3 is 0 Å². The third-order valence-corrected chi connectivity index (χ3v) is 4.80. The zero-order valence-corrected chi connectivity index (χ0v) is 11.9. The number of rotatable bonds is 2. The van der Waals surface area contributed by atoms with Crippen molar-refractivity contribution in [2.24, 2.45) is 7.05 Å². The van der Waals surface area contributed by atoms with Crippen molar-refractivity contribution in [3.05, 3.63) is 29.0 Å². The molecule has 3 rings (SSSR count). The SMILES string of the molecule is Cn1c(CC2CSCCN2)nc2cccc(Cl)c21. The first kappa shape index (κ1) is 12.3. The molecule has 0 bridgehead atoms. The lowest BCUT2D eigenvalue weighted by Crippen LogP contribution is -2.39.